The van der Waals surface area contributed by atoms with Gasteiger partial charge in [-0.25, -0.2) is 13.4 Å². The standard InChI is InChI=1S/C22H20N2O4S2/c25-17(12-21-24-20(14-29-21)15-5-2-1-3-6-15)13-23-22(26)16-7-4-8-19(11-16)30(27,28)18-9-10-18/h1-8,11,14,18H,9-10,12-13H2,(H,23,26). The molecular formula is C22H20N2O4S2. The molecule has 0 spiro atoms. The summed E-state index contributed by atoms with van der Waals surface area (Å²) in [6, 6.07) is 15.7. The highest BCUT2D eigenvalue weighted by Gasteiger charge is 2.37. The minimum absolute atomic E-state index is 0.133. The molecule has 0 atom stereocenters. The first-order valence-corrected chi connectivity index (χ1v) is 12.0. The van der Waals surface area contributed by atoms with Crippen LogP contribution < -0.4 is 5.32 Å². The smallest absolute Gasteiger partial charge is 0.251 e. The molecule has 1 N–H and O–H groups in total. The third-order valence-electron chi connectivity index (χ3n) is 4.80. The van der Waals surface area contributed by atoms with E-state index in [1.807, 2.05) is 35.7 Å². The van der Waals surface area contributed by atoms with E-state index in [9.17, 15) is 18.0 Å². The van der Waals surface area contributed by atoms with Gasteiger partial charge in [-0.15, -0.1) is 11.3 Å². The van der Waals surface area contributed by atoms with Crippen molar-refractivity contribution in [3.8, 4) is 11.3 Å². The molecule has 0 saturated heterocycles. The average Bonchev–Trinajstić information content (AvgIpc) is 3.53. The number of rotatable bonds is 8. The summed E-state index contributed by atoms with van der Waals surface area (Å²) < 4.78 is 24.7. The number of sulfone groups is 1. The molecule has 1 aliphatic carbocycles. The fraction of sp³-hybridized carbons (Fsp3) is 0.227. The minimum atomic E-state index is -3.37. The summed E-state index contributed by atoms with van der Waals surface area (Å²) in [6.07, 6.45) is 1.46. The lowest BCUT2D eigenvalue weighted by Gasteiger charge is -2.07. The highest BCUT2D eigenvalue weighted by Crippen LogP contribution is 2.33. The lowest BCUT2D eigenvalue weighted by Crippen LogP contribution is -2.30. The Balaban J connectivity index is 1.34. The maximum absolute atomic E-state index is 12.4. The van der Waals surface area contributed by atoms with Gasteiger partial charge in [0.25, 0.3) is 5.91 Å². The van der Waals surface area contributed by atoms with Crippen LogP contribution in [0.2, 0.25) is 0 Å². The van der Waals surface area contributed by atoms with E-state index in [0.717, 1.165) is 11.3 Å². The molecule has 1 amide bonds. The van der Waals surface area contributed by atoms with Crippen LogP contribution in [0.5, 0.6) is 0 Å². The van der Waals surface area contributed by atoms with Crippen LogP contribution in [-0.4, -0.2) is 36.9 Å². The van der Waals surface area contributed by atoms with E-state index in [-0.39, 0.29) is 34.5 Å². The zero-order valence-corrected chi connectivity index (χ0v) is 17.7. The lowest BCUT2D eigenvalue weighted by atomic mass is 10.2. The summed E-state index contributed by atoms with van der Waals surface area (Å²) >= 11 is 1.41. The second-order valence-corrected chi connectivity index (χ2v) is 10.3. The number of amides is 1. The molecule has 4 rings (SSSR count). The van der Waals surface area contributed by atoms with Gasteiger partial charge in [0.05, 0.1) is 28.8 Å². The van der Waals surface area contributed by atoms with Crippen molar-refractivity contribution < 1.29 is 18.0 Å². The Morgan fingerprint density at radius 2 is 1.83 bits per heavy atom. The second kappa shape index (κ2) is 8.49. The predicted octanol–water partition coefficient (Wildman–Crippen LogP) is 3.29. The monoisotopic (exact) mass is 440 g/mol. The molecule has 154 valence electrons. The predicted molar refractivity (Wildman–Crippen MR) is 115 cm³/mol. The second-order valence-electron chi connectivity index (χ2n) is 7.16. The van der Waals surface area contributed by atoms with Gasteiger partial charge in [-0.3, -0.25) is 9.59 Å². The number of carbonyl (C=O) groups excluding carboxylic acids is 2. The first-order chi connectivity index (χ1) is 14.4. The summed E-state index contributed by atoms with van der Waals surface area (Å²) in [5.74, 6) is -0.639. The number of hydrogen-bond acceptors (Lipinski definition) is 6. The van der Waals surface area contributed by atoms with E-state index in [0.29, 0.717) is 17.8 Å². The number of hydrogen-bond donors (Lipinski definition) is 1. The van der Waals surface area contributed by atoms with E-state index in [1.165, 1.54) is 23.5 Å². The summed E-state index contributed by atoms with van der Waals surface area (Å²) in [7, 11) is -3.37. The van der Waals surface area contributed by atoms with Gasteiger partial charge in [-0.05, 0) is 31.0 Å². The quantitative estimate of drug-likeness (QED) is 0.580. The molecule has 1 heterocycles. The van der Waals surface area contributed by atoms with Crippen molar-refractivity contribution in [2.75, 3.05) is 6.54 Å². The molecule has 0 aliphatic heterocycles. The van der Waals surface area contributed by atoms with Crippen molar-refractivity contribution >= 4 is 32.9 Å². The van der Waals surface area contributed by atoms with Crippen LogP contribution in [0.1, 0.15) is 28.2 Å². The number of benzene rings is 2. The minimum Gasteiger partial charge on any atom is -0.345 e. The van der Waals surface area contributed by atoms with Gasteiger partial charge in [0.2, 0.25) is 0 Å². The van der Waals surface area contributed by atoms with Crippen LogP contribution >= 0.6 is 11.3 Å². The maximum atomic E-state index is 12.4. The van der Waals surface area contributed by atoms with Crippen LogP contribution in [0.3, 0.4) is 0 Å². The Kier molecular flexibility index (Phi) is 5.78. The Labute approximate surface area is 178 Å². The number of thiazole rings is 1. The zero-order chi connectivity index (χ0) is 21.1. The SMILES string of the molecule is O=C(CNC(=O)c1cccc(S(=O)(=O)C2CC2)c1)Cc1nc(-c2ccccc2)cs1. The molecule has 0 radical (unpaired) electrons. The molecule has 1 aromatic heterocycles. The van der Waals surface area contributed by atoms with E-state index in [4.69, 9.17) is 0 Å². The van der Waals surface area contributed by atoms with E-state index >= 15 is 0 Å². The van der Waals surface area contributed by atoms with Crippen LogP contribution in [0.25, 0.3) is 11.3 Å². The molecule has 0 unspecified atom stereocenters. The molecular weight excluding hydrogens is 420 g/mol. The Bertz CT molecular complexity index is 1180. The molecule has 1 fully saturated rings. The highest BCUT2D eigenvalue weighted by molar-refractivity contribution is 7.92. The number of aromatic nitrogens is 1. The van der Waals surface area contributed by atoms with Crippen molar-refractivity contribution in [2.45, 2.75) is 29.4 Å². The molecule has 3 aromatic rings. The van der Waals surface area contributed by atoms with E-state index < -0.39 is 15.7 Å². The largest absolute Gasteiger partial charge is 0.345 e. The summed E-state index contributed by atoms with van der Waals surface area (Å²) in [5.41, 5.74) is 2.04. The average molecular weight is 441 g/mol. The van der Waals surface area contributed by atoms with E-state index in [2.05, 4.69) is 10.3 Å². The maximum Gasteiger partial charge on any atom is 0.251 e. The Hall–Kier alpha value is -2.84. The number of ketones is 1. The third-order valence-corrected chi connectivity index (χ3v) is 7.91. The third kappa shape index (κ3) is 4.66. The van der Waals surface area contributed by atoms with Crippen LogP contribution in [0.4, 0.5) is 0 Å². The van der Waals surface area contributed by atoms with Gasteiger partial charge in [-0.1, -0.05) is 36.4 Å². The highest BCUT2D eigenvalue weighted by atomic mass is 32.2. The number of nitrogens with one attached hydrogen (secondary N) is 1. The number of Topliss-reactive ketones (excluding diaryl/α,β-unsaturated/α-hetero) is 1. The van der Waals surface area contributed by atoms with Gasteiger partial charge in [-0.2, -0.15) is 0 Å². The molecule has 30 heavy (non-hydrogen) atoms. The zero-order valence-electron chi connectivity index (χ0n) is 16.1. The van der Waals surface area contributed by atoms with Crippen LogP contribution in [0, 0.1) is 0 Å². The van der Waals surface area contributed by atoms with Gasteiger partial charge < -0.3 is 5.32 Å². The van der Waals surface area contributed by atoms with Gasteiger partial charge in [0.1, 0.15) is 5.01 Å². The molecule has 8 heteroatoms. The van der Waals surface area contributed by atoms with Gasteiger partial charge in [0.15, 0.2) is 15.6 Å². The molecule has 0 bridgehead atoms. The summed E-state index contributed by atoms with van der Waals surface area (Å²) in [4.78, 5) is 29.3. The first-order valence-electron chi connectivity index (χ1n) is 9.57. The van der Waals surface area contributed by atoms with Crippen molar-refractivity contribution in [2.24, 2.45) is 0 Å². The molecule has 1 aliphatic rings. The normalized spacial score (nSPS) is 13.7. The van der Waals surface area contributed by atoms with Crippen molar-refractivity contribution in [3.63, 3.8) is 0 Å². The first kappa shape index (κ1) is 20.4. The summed E-state index contributed by atoms with van der Waals surface area (Å²) in [5, 5.41) is 4.83. The van der Waals surface area contributed by atoms with Gasteiger partial charge in [0, 0.05) is 16.5 Å². The lowest BCUT2D eigenvalue weighted by molar-refractivity contribution is -0.117. The fourth-order valence-corrected chi connectivity index (χ4v) is 5.56. The Morgan fingerprint density at radius 1 is 1.07 bits per heavy atom. The number of nitrogens with zero attached hydrogens (tertiary/aromatic N) is 1. The molecule has 2 aromatic carbocycles. The van der Waals surface area contributed by atoms with Crippen molar-refractivity contribution in [1.82, 2.24) is 10.3 Å². The number of carbonyl (C=O) groups is 2. The van der Waals surface area contributed by atoms with Crippen molar-refractivity contribution in [1.29, 1.82) is 0 Å². The van der Waals surface area contributed by atoms with E-state index in [1.54, 1.807) is 12.1 Å². The van der Waals surface area contributed by atoms with Crippen LogP contribution in [0.15, 0.2) is 64.9 Å². The molecule has 1 saturated carbocycles. The van der Waals surface area contributed by atoms with Gasteiger partial charge >= 0.3 is 0 Å². The topological polar surface area (TPSA) is 93.2 Å². The van der Waals surface area contributed by atoms with Crippen LogP contribution in [-0.2, 0) is 21.1 Å². The van der Waals surface area contributed by atoms with Crippen molar-refractivity contribution in [3.05, 3.63) is 70.5 Å². The molecule has 6 nitrogen and oxygen atoms in total. The Morgan fingerprint density at radius 3 is 2.57 bits per heavy atom. The summed E-state index contributed by atoms with van der Waals surface area (Å²) in [6.45, 7) is -0.140. The fourth-order valence-electron chi connectivity index (χ4n) is 3.03.